The fourth-order valence-corrected chi connectivity index (χ4v) is 6.70. The number of hydrogen-bond donors (Lipinski definition) is 1. The Labute approximate surface area is 110 Å². The first-order valence-electron chi connectivity index (χ1n) is 5.31. The summed E-state index contributed by atoms with van der Waals surface area (Å²) < 4.78 is 0.578. The average molecular weight is 272 g/mol. The van der Waals surface area contributed by atoms with Gasteiger partial charge in [-0.15, -0.1) is 23.5 Å². The molecule has 4 heteroatoms. The van der Waals surface area contributed by atoms with Crippen LogP contribution in [0.2, 0.25) is 0 Å². The SMILES string of the molecule is CSC(c1ccccc1)C1SCC(CO)S1. The van der Waals surface area contributed by atoms with E-state index in [9.17, 15) is 0 Å². The zero-order valence-electron chi connectivity index (χ0n) is 9.20. The fraction of sp³-hybridized carbons (Fsp3) is 0.500. The highest BCUT2D eigenvalue weighted by atomic mass is 32.2. The van der Waals surface area contributed by atoms with E-state index >= 15 is 0 Å². The minimum absolute atomic E-state index is 0.310. The molecule has 1 aromatic carbocycles. The molecule has 1 nitrogen and oxygen atoms in total. The molecule has 1 saturated heterocycles. The van der Waals surface area contributed by atoms with Crippen molar-refractivity contribution in [3.63, 3.8) is 0 Å². The Hall–Kier alpha value is 0.230. The fourth-order valence-electron chi connectivity index (χ4n) is 1.77. The van der Waals surface area contributed by atoms with Gasteiger partial charge in [0, 0.05) is 11.0 Å². The summed E-state index contributed by atoms with van der Waals surface area (Å²) in [4.78, 5) is 0. The first-order valence-corrected chi connectivity index (χ1v) is 8.58. The molecule has 1 N–H and O–H groups in total. The molecular weight excluding hydrogens is 256 g/mol. The van der Waals surface area contributed by atoms with Crippen molar-refractivity contribution >= 4 is 35.3 Å². The number of benzene rings is 1. The van der Waals surface area contributed by atoms with Crippen LogP contribution in [0.4, 0.5) is 0 Å². The van der Waals surface area contributed by atoms with Crippen molar-refractivity contribution in [2.75, 3.05) is 18.6 Å². The molecule has 1 fully saturated rings. The van der Waals surface area contributed by atoms with Crippen LogP contribution in [-0.2, 0) is 0 Å². The van der Waals surface area contributed by atoms with Crippen LogP contribution in [0, 0.1) is 0 Å². The minimum Gasteiger partial charge on any atom is -0.395 e. The Kier molecular flexibility index (Phi) is 4.95. The predicted octanol–water partition coefficient (Wildman–Crippen LogP) is 3.26. The zero-order valence-corrected chi connectivity index (χ0v) is 11.7. The van der Waals surface area contributed by atoms with E-state index in [4.69, 9.17) is 5.11 Å². The minimum atomic E-state index is 0.310. The summed E-state index contributed by atoms with van der Waals surface area (Å²) >= 11 is 5.82. The highest BCUT2D eigenvalue weighted by Crippen LogP contribution is 2.49. The maximum atomic E-state index is 9.17. The Bertz CT molecular complexity index is 317. The lowest BCUT2D eigenvalue weighted by Gasteiger charge is -2.20. The summed E-state index contributed by atoms with van der Waals surface area (Å²) in [5.41, 5.74) is 1.40. The molecule has 0 bridgehead atoms. The Balaban J connectivity index is 2.06. The quantitative estimate of drug-likeness (QED) is 0.907. The second kappa shape index (κ2) is 6.24. The molecule has 0 saturated carbocycles. The molecule has 0 aromatic heterocycles. The Morgan fingerprint density at radius 1 is 1.44 bits per heavy atom. The van der Waals surface area contributed by atoms with E-state index in [1.165, 1.54) is 5.56 Å². The molecule has 1 aromatic rings. The van der Waals surface area contributed by atoms with Gasteiger partial charge in [0.25, 0.3) is 0 Å². The summed E-state index contributed by atoms with van der Waals surface area (Å²) in [7, 11) is 0. The van der Waals surface area contributed by atoms with E-state index in [0.29, 0.717) is 21.7 Å². The molecule has 16 heavy (non-hydrogen) atoms. The van der Waals surface area contributed by atoms with Crippen molar-refractivity contribution in [2.45, 2.75) is 15.1 Å². The lowest BCUT2D eigenvalue weighted by molar-refractivity contribution is 0.301. The second-order valence-electron chi connectivity index (χ2n) is 3.71. The van der Waals surface area contributed by atoms with Crippen molar-refractivity contribution in [3.8, 4) is 0 Å². The van der Waals surface area contributed by atoms with Gasteiger partial charge in [-0.3, -0.25) is 0 Å². The van der Waals surface area contributed by atoms with Gasteiger partial charge in [-0.05, 0) is 11.8 Å². The molecule has 0 spiro atoms. The number of hydrogen-bond acceptors (Lipinski definition) is 4. The highest BCUT2D eigenvalue weighted by molar-refractivity contribution is 8.21. The number of thioether (sulfide) groups is 3. The second-order valence-corrected chi connectivity index (χ2v) is 7.61. The number of rotatable bonds is 4. The first kappa shape index (κ1) is 12.7. The largest absolute Gasteiger partial charge is 0.395 e. The molecule has 2 rings (SSSR count). The highest BCUT2D eigenvalue weighted by Gasteiger charge is 2.32. The molecule has 1 heterocycles. The summed E-state index contributed by atoms with van der Waals surface area (Å²) in [6.45, 7) is 0.310. The van der Waals surface area contributed by atoms with Crippen LogP contribution >= 0.6 is 35.3 Å². The van der Waals surface area contributed by atoms with E-state index in [1.807, 2.05) is 35.3 Å². The summed E-state index contributed by atoms with van der Waals surface area (Å²) in [5, 5.41) is 10.1. The van der Waals surface area contributed by atoms with Crippen molar-refractivity contribution < 1.29 is 5.11 Å². The molecule has 0 amide bonds. The number of aliphatic hydroxyl groups is 1. The van der Waals surface area contributed by atoms with Gasteiger partial charge < -0.3 is 5.11 Å². The van der Waals surface area contributed by atoms with Crippen molar-refractivity contribution in [1.82, 2.24) is 0 Å². The first-order chi connectivity index (χ1) is 7.85. The molecule has 3 unspecified atom stereocenters. The van der Waals surface area contributed by atoms with Gasteiger partial charge in [-0.2, -0.15) is 11.8 Å². The normalized spacial score (nSPS) is 26.9. The monoisotopic (exact) mass is 272 g/mol. The maximum Gasteiger partial charge on any atom is 0.0665 e. The van der Waals surface area contributed by atoms with Gasteiger partial charge in [0.15, 0.2) is 0 Å². The summed E-state index contributed by atoms with van der Waals surface area (Å²) in [6.07, 6.45) is 2.17. The third-order valence-corrected chi connectivity index (χ3v) is 7.39. The molecule has 0 aliphatic carbocycles. The molecular formula is C12H16OS3. The summed E-state index contributed by atoms with van der Waals surface area (Å²) in [6, 6.07) is 10.7. The topological polar surface area (TPSA) is 20.2 Å². The molecule has 1 aliphatic heterocycles. The molecule has 0 radical (unpaired) electrons. The summed E-state index contributed by atoms with van der Waals surface area (Å²) in [5.74, 6) is 1.08. The van der Waals surface area contributed by atoms with Crippen molar-refractivity contribution in [1.29, 1.82) is 0 Å². The van der Waals surface area contributed by atoms with Gasteiger partial charge in [-0.1, -0.05) is 30.3 Å². The van der Waals surface area contributed by atoms with Crippen LogP contribution in [0.15, 0.2) is 30.3 Å². The van der Waals surface area contributed by atoms with E-state index < -0.39 is 0 Å². The van der Waals surface area contributed by atoms with Crippen LogP contribution in [-0.4, -0.2) is 33.6 Å². The van der Waals surface area contributed by atoms with Gasteiger partial charge in [0.1, 0.15) is 0 Å². The van der Waals surface area contributed by atoms with E-state index in [2.05, 4.69) is 36.6 Å². The van der Waals surface area contributed by atoms with Gasteiger partial charge in [-0.25, -0.2) is 0 Å². The molecule has 1 aliphatic rings. The van der Waals surface area contributed by atoms with E-state index in [-0.39, 0.29) is 0 Å². The predicted molar refractivity (Wildman–Crippen MR) is 77.4 cm³/mol. The lowest BCUT2D eigenvalue weighted by atomic mass is 10.2. The standard InChI is InChI=1S/C12H16OS3/c1-14-11(9-5-3-2-4-6-9)12-15-8-10(7-13)16-12/h2-6,10-13H,7-8H2,1H3. The molecule has 3 atom stereocenters. The van der Waals surface area contributed by atoms with Crippen LogP contribution in [0.25, 0.3) is 0 Å². The van der Waals surface area contributed by atoms with Gasteiger partial charge in [0.2, 0.25) is 0 Å². The Morgan fingerprint density at radius 2 is 2.19 bits per heavy atom. The Morgan fingerprint density at radius 3 is 2.75 bits per heavy atom. The molecule has 88 valence electrons. The third-order valence-electron chi connectivity index (χ3n) is 2.61. The van der Waals surface area contributed by atoms with Crippen molar-refractivity contribution in [2.24, 2.45) is 0 Å². The van der Waals surface area contributed by atoms with Crippen molar-refractivity contribution in [3.05, 3.63) is 35.9 Å². The third kappa shape index (κ3) is 2.92. The zero-order chi connectivity index (χ0) is 11.4. The van der Waals surface area contributed by atoms with E-state index in [0.717, 1.165) is 5.75 Å². The smallest absolute Gasteiger partial charge is 0.0665 e. The number of aliphatic hydroxyl groups excluding tert-OH is 1. The van der Waals surface area contributed by atoms with Crippen LogP contribution in [0.5, 0.6) is 0 Å². The maximum absolute atomic E-state index is 9.17. The van der Waals surface area contributed by atoms with Crippen LogP contribution in [0.3, 0.4) is 0 Å². The van der Waals surface area contributed by atoms with Crippen LogP contribution < -0.4 is 0 Å². The van der Waals surface area contributed by atoms with E-state index in [1.54, 1.807) is 0 Å². The van der Waals surface area contributed by atoms with Gasteiger partial charge >= 0.3 is 0 Å². The van der Waals surface area contributed by atoms with Crippen LogP contribution in [0.1, 0.15) is 10.8 Å². The van der Waals surface area contributed by atoms with Gasteiger partial charge in [0.05, 0.1) is 16.4 Å². The lowest BCUT2D eigenvalue weighted by Crippen LogP contribution is -2.09. The average Bonchev–Trinajstić information content (AvgIpc) is 2.80.